The molecule has 12 heteroatoms. The Morgan fingerprint density at radius 1 is 0.349 bits per heavy atom. The van der Waals surface area contributed by atoms with Crippen LogP contribution in [0.5, 0.6) is 0 Å². The number of hydrogen-bond acceptors (Lipinski definition) is 6. The number of rotatable bonds is 1. The number of benzene rings is 9. The molecule has 21 rings (SSSR count). The van der Waals surface area contributed by atoms with E-state index in [-0.39, 0.29) is 0 Å². The van der Waals surface area contributed by atoms with Crippen LogP contribution in [0, 0.1) is 0 Å². The van der Waals surface area contributed by atoms with Crippen LogP contribution in [0.4, 0.5) is 0 Å². The van der Waals surface area contributed by atoms with Crippen molar-refractivity contribution in [1.82, 2.24) is 9.13 Å². The van der Waals surface area contributed by atoms with E-state index in [9.17, 15) is 0 Å². The Bertz CT molecular complexity index is 5350. The Hall–Kier alpha value is -8.88. The van der Waals surface area contributed by atoms with Crippen molar-refractivity contribution < 1.29 is 22.7 Å². The average molecular weight is 1160 g/mol. The summed E-state index contributed by atoms with van der Waals surface area (Å²) >= 11 is 9.42. The molecule has 83 heavy (non-hydrogen) atoms. The van der Waals surface area contributed by atoms with Gasteiger partial charge in [-0.05, 0) is 119 Å². The average Bonchev–Trinajstić information content (AvgIpc) is 2.21. The van der Waals surface area contributed by atoms with Gasteiger partial charge in [0.1, 0.15) is 5.58 Å². The summed E-state index contributed by atoms with van der Waals surface area (Å²) < 4.78 is 23.4. The first-order chi connectivity index (χ1) is 41.1. The van der Waals surface area contributed by atoms with E-state index in [1.165, 1.54) is 143 Å². The summed E-state index contributed by atoms with van der Waals surface area (Å²) in [4.78, 5) is 3.73. The Kier molecular flexibility index (Phi) is 10.7. The highest BCUT2D eigenvalue weighted by Gasteiger charge is 2.38. The van der Waals surface area contributed by atoms with Crippen LogP contribution < -0.4 is 18.3 Å². The number of nitrogens with zero attached hydrogens (tertiary/aromatic N) is 6. The number of aryl methyl sites for hydroxylation is 1. The smallest absolute Gasteiger partial charge is 0.273 e. The SMILES string of the molecule is Cn1c2ccccc2c2c1sc1[n+]2Cc2ccccc2-1.c1ccc(-n2c3ccccc3c3c2sc2[n+]3Cc3ccccc3-2)cc1.c1ccc2c(c1)C[n+]1c-2sc2oc3ccccc3c21.c1ccc2c(c1)C[n+]1c-2sc2sc3ccccc3c21. The molecular formula is C71H48N6OS5+4. The standard InChI is InChI=1S/C22H15N2S.C17H13N2S.C16H10NOS.C16H10NS2/c1-2-9-16(10-3-1)24-19-13-7-6-12-18(19)20-22(24)25-21-17-11-5-4-8-15(17)14-23(20)21;1-18-14-9-5-4-8-13(14)15-17(18)20-16-12-7-3-2-6-11(12)10-19(15)16;2*1-2-6-11-10(5-1)9-17-14-12-7-3-4-8-13(12)18-16(14)19-15(11)17/h1-13H,14H2;2-9H,10H2,1H3;2*1-8H,9H2/q4*+1. The van der Waals surface area contributed by atoms with E-state index in [4.69, 9.17) is 4.42 Å². The summed E-state index contributed by atoms with van der Waals surface area (Å²) in [5, 5.41) is 10.8. The Morgan fingerprint density at radius 2 is 0.783 bits per heavy atom. The van der Waals surface area contributed by atoms with Gasteiger partial charge in [-0.15, -0.1) is 11.3 Å². The molecule has 0 N–H and O–H groups in total. The largest absolute Gasteiger partial charge is 0.439 e. The molecule has 17 aromatic rings. The van der Waals surface area contributed by atoms with Crippen LogP contribution in [0.1, 0.15) is 22.3 Å². The van der Waals surface area contributed by atoms with Crippen molar-refractivity contribution in [3.05, 3.63) is 247 Å². The van der Waals surface area contributed by atoms with Crippen LogP contribution in [-0.4, -0.2) is 9.13 Å². The highest BCUT2D eigenvalue weighted by Crippen LogP contribution is 2.45. The Balaban J connectivity index is 0.0000000851. The Labute approximate surface area is 496 Å². The minimum atomic E-state index is 0.953. The van der Waals surface area contributed by atoms with Crippen molar-refractivity contribution in [2.24, 2.45) is 7.05 Å². The molecule has 0 atom stereocenters. The van der Waals surface area contributed by atoms with Gasteiger partial charge in [-0.1, -0.05) is 151 Å². The molecule has 12 heterocycles. The molecule has 8 aromatic heterocycles. The van der Waals surface area contributed by atoms with Gasteiger partial charge < -0.3 is 8.98 Å². The third-order valence-electron chi connectivity index (χ3n) is 17.1. The first-order valence-electron chi connectivity index (χ1n) is 28.0. The third kappa shape index (κ3) is 7.17. The van der Waals surface area contributed by atoms with E-state index in [1.807, 2.05) is 57.5 Å². The molecule has 4 aliphatic heterocycles. The van der Waals surface area contributed by atoms with Gasteiger partial charge in [0.05, 0.1) is 54.8 Å². The summed E-state index contributed by atoms with van der Waals surface area (Å²) in [7, 11) is 2.17. The first-order valence-corrected chi connectivity index (χ1v) is 32.1. The van der Waals surface area contributed by atoms with Gasteiger partial charge in [0, 0.05) is 39.7 Å². The summed E-state index contributed by atoms with van der Waals surface area (Å²) in [6, 6.07) is 80.1. The van der Waals surface area contributed by atoms with E-state index >= 15 is 0 Å². The van der Waals surface area contributed by atoms with E-state index in [0.717, 1.165) is 36.7 Å². The van der Waals surface area contributed by atoms with Crippen LogP contribution in [0.3, 0.4) is 0 Å². The molecule has 0 bridgehead atoms. The van der Waals surface area contributed by atoms with E-state index < -0.39 is 0 Å². The van der Waals surface area contributed by atoms with E-state index in [2.05, 4.69) is 247 Å². The molecule has 0 radical (unpaired) electrons. The van der Waals surface area contributed by atoms with Gasteiger partial charge >= 0.3 is 0 Å². The Morgan fingerprint density at radius 3 is 1.41 bits per heavy atom. The second-order valence-corrected chi connectivity index (χ2v) is 26.9. The fraction of sp³-hybridized carbons (Fsp3) is 0.0704. The van der Waals surface area contributed by atoms with Gasteiger partial charge in [-0.3, -0.25) is 4.57 Å². The first kappa shape index (κ1) is 47.7. The summed E-state index contributed by atoms with van der Waals surface area (Å²) in [6.45, 7) is 3.94. The number of thiophene rings is 1. The second-order valence-electron chi connectivity index (χ2n) is 21.6. The summed E-state index contributed by atoms with van der Waals surface area (Å²) in [5.74, 6) is 0. The summed E-state index contributed by atoms with van der Waals surface area (Å²) in [5.41, 5.74) is 21.5. The van der Waals surface area contributed by atoms with E-state index in [0.29, 0.717) is 0 Å². The van der Waals surface area contributed by atoms with Crippen LogP contribution in [0.15, 0.2) is 229 Å². The lowest BCUT2D eigenvalue weighted by molar-refractivity contribution is -0.641. The zero-order chi connectivity index (χ0) is 54.4. The number of furan rings is 1. The van der Waals surface area contributed by atoms with Crippen molar-refractivity contribution in [2.45, 2.75) is 26.2 Å². The van der Waals surface area contributed by atoms with Crippen molar-refractivity contribution in [1.29, 1.82) is 0 Å². The molecule has 0 saturated heterocycles. The normalized spacial score (nSPS) is 12.9. The van der Waals surface area contributed by atoms with Crippen LogP contribution in [0.2, 0.25) is 0 Å². The molecule has 0 saturated carbocycles. The van der Waals surface area contributed by atoms with Crippen molar-refractivity contribution >= 4 is 140 Å². The molecule has 4 aliphatic rings. The molecule has 0 amide bonds. The number of thiazole rings is 4. The number of para-hydroxylation sites is 4. The number of aromatic nitrogens is 6. The minimum absolute atomic E-state index is 0.953. The van der Waals surface area contributed by atoms with Crippen LogP contribution in [-0.2, 0) is 33.2 Å². The molecule has 9 aromatic carbocycles. The molecule has 0 unspecified atom stereocenters. The fourth-order valence-electron chi connectivity index (χ4n) is 13.3. The molecule has 0 fully saturated rings. The zero-order valence-electron chi connectivity index (χ0n) is 44.8. The lowest BCUT2D eigenvalue weighted by Crippen LogP contribution is -2.30. The highest BCUT2D eigenvalue weighted by atomic mass is 32.2. The topological polar surface area (TPSA) is 38.5 Å². The van der Waals surface area contributed by atoms with Gasteiger partial charge in [0.2, 0.25) is 5.52 Å². The monoisotopic (exact) mass is 1160 g/mol. The second kappa shape index (κ2) is 18.6. The quantitative estimate of drug-likeness (QED) is 0.151. The van der Waals surface area contributed by atoms with Crippen LogP contribution >= 0.6 is 56.7 Å². The number of hydrogen-bond donors (Lipinski definition) is 0. The molecular weight excluding hydrogens is 1110 g/mol. The maximum Gasteiger partial charge on any atom is 0.273 e. The lowest BCUT2D eigenvalue weighted by Gasteiger charge is -2.04. The predicted molar refractivity (Wildman–Crippen MR) is 345 cm³/mol. The summed E-state index contributed by atoms with van der Waals surface area (Å²) in [6.07, 6.45) is 0. The molecule has 394 valence electrons. The minimum Gasteiger partial charge on any atom is -0.439 e. The predicted octanol–water partition coefficient (Wildman–Crippen LogP) is 17.3. The molecule has 7 nitrogen and oxygen atoms in total. The van der Waals surface area contributed by atoms with Crippen LogP contribution in [0.25, 0.3) is 131 Å². The maximum atomic E-state index is 5.96. The van der Waals surface area contributed by atoms with Gasteiger partial charge in [-0.25, -0.2) is 0 Å². The molecule has 0 spiro atoms. The highest BCUT2D eigenvalue weighted by molar-refractivity contribution is 7.42. The van der Waals surface area contributed by atoms with Gasteiger partial charge in [0.25, 0.3) is 41.5 Å². The van der Waals surface area contributed by atoms with Gasteiger partial charge in [-0.2, -0.15) is 18.3 Å². The van der Waals surface area contributed by atoms with Crippen molar-refractivity contribution in [3.63, 3.8) is 0 Å². The molecule has 0 aliphatic carbocycles. The zero-order valence-corrected chi connectivity index (χ0v) is 48.9. The lowest BCUT2D eigenvalue weighted by atomic mass is 10.1. The fourth-order valence-corrected chi connectivity index (χ4v) is 19.9. The number of fused-ring (bicyclic) bond motifs is 28. The van der Waals surface area contributed by atoms with Gasteiger partial charge in [0.15, 0.2) is 39.9 Å². The van der Waals surface area contributed by atoms with Crippen molar-refractivity contribution in [2.75, 3.05) is 0 Å². The third-order valence-corrected chi connectivity index (χ3v) is 23.1. The maximum absolute atomic E-state index is 5.96. The van der Waals surface area contributed by atoms with Crippen molar-refractivity contribution in [3.8, 4) is 48.0 Å². The van der Waals surface area contributed by atoms with E-state index in [1.54, 1.807) is 11.3 Å².